The van der Waals surface area contributed by atoms with Gasteiger partial charge in [-0.15, -0.1) is 0 Å². The molecule has 18 heavy (non-hydrogen) atoms. The summed E-state index contributed by atoms with van der Waals surface area (Å²) in [4.78, 5) is 0. The van der Waals surface area contributed by atoms with Crippen molar-refractivity contribution in [2.75, 3.05) is 20.3 Å². The van der Waals surface area contributed by atoms with Crippen molar-refractivity contribution >= 4 is 11.8 Å². The van der Waals surface area contributed by atoms with Gasteiger partial charge in [-0.25, -0.2) is 0 Å². The van der Waals surface area contributed by atoms with E-state index >= 15 is 0 Å². The van der Waals surface area contributed by atoms with Gasteiger partial charge in [0.15, 0.2) is 0 Å². The van der Waals surface area contributed by atoms with E-state index in [-0.39, 0.29) is 0 Å². The van der Waals surface area contributed by atoms with Gasteiger partial charge < -0.3 is 10.1 Å². The summed E-state index contributed by atoms with van der Waals surface area (Å²) < 4.78 is 5.47. The number of nitrogens with one attached hydrogen (secondary N) is 1. The highest BCUT2D eigenvalue weighted by Gasteiger charge is 2.33. The van der Waals surface area contributed by atoms with Crippen LogP contribution in [0.1, 0.15) is 46.0 Å². The Bertz CT molecular complexity index is 241. The molecule has 106 valence electrons. The highest BCUT2D eigenvalue weighted by molar-refractivity contribution is 8.00. The van der Waals surface area contributed by atoms with Crippen molar-refractivity contribution in [1.82, 2.24) is 5.32 Å². The van der Waals surface area contributed by atoms with E-state index in [9.17, 15) is 0 Å². The van der Waals surface area contributed by atoms with E-state index in [4.69, 9.17) is 4.74 Å². The first-order valence-electron chi connectivity index (χ1n) is 7.61. The van der Waals surface area contributed by atoms with Crippen molar-refractivity contribution < 1.29 is 4.74 Å². The topological polar surface area (TPSA) is 21.3 Å². The zero-order chi connectivity index (χ0) is 13.0. The van der Waals surface area contributed by atoms with Gasteiger partial charge in [0.1, 0.15) is 0 Å². The minimum absolute atomic E-state index is 0.729. The molecule has 0 aromatic rings. The van der Waals surface area contributed by atoms with Crippen molar-refractivity contribution in [2.45, 2.75) is 62.5 Å². The summed E-state index contributed by atoms with van der Waals surface area (Å²) in [5.41, 5.74) is 0. The summed E-state index contributed by atoms with van der Waals surface area (Å²) in [5.74, 6) is 1.78. The largest absolute Gasteiger partial charge is 0.381 e. The van der Waals surface area contributed by atoms with Gasteiger partial charge in [-0.05, 0) is 51.0 Å². The molecule has 1 heterocycles. The van der Waals surface area contributed by atoms with Crippen LogP contribution >= 0.6 is 11.8 Å². The van der Waals surface area contributed by atoms with Gasteiger partial charge >= 0.3 is 0 Å². The molecule has 1 aliphatic carbocycles. The Morgan fingerprint density at radius 1 is 1.11 bits per heavy atom. The van der Waals surface area contributed by atoms with Crippen molar-refractivity contribution in [3.8, 4) is 0 Å². The van der Waals surface area contributed by atoms with Crippen molar-refractivity contribution in [3.05, 3.63) is 0 Å². The van der Waals surface area contributed by atoms with E-state index in [1.807, 2.05) is 0 Å². The molecule has 2 nitrogen and oxygen atoms in total. The Morgan fingerprint density at radius 3 is 2.44 bits per heavy atom. The van der Waals surface area contributed by atoms with Crippen LogP contribution in [0, 0.1) is 11.8 Å². The summed E-state index contributed by atoms with van der Waals surface area (Å²) >= 11 is 2.25. The monoisotopic (exact) mass is 271 g/mol. The lowest BCUT2D eigenvalue weighted by Crippen LogP contribution is -2.42. The second-order valence-electron chi connectivity index (χ2n) is 6.20. The molecule has 3 heteroatoms. The normalized spacial score (nSPS) is 35.0. The minimum Gasteiger partial charge on any atom is -0.381 e. The van der Waals surface area contributed by atoms with E-state index in [0.717, 1.165) is 41.6 Å². The molecule has 0 aromatic heterocycles. The SMILES string of the molecule is CNC1CCC(C(C)C)CC1SC1CCOCC1. The molecule has 3 unspecified atom stereocenters. The maximum atomic E-state index is 5.47. The molecule has 2 fully saturated rings. The molecule has 0 amide bonds. The number of rotatable bonds is 4. The number of hydrogen-bond donors (Lipinski definition) is 1. The van der Waals surface area contributed by atoms with Gasteiger partial charge in [0.2, 0.25) is 0 Å². The van der Waals surface area contributed by atoms with Gasteiger partial charge in [-0.3, -0.25) is 0 Å². The number of hydrogen-bond acceptors (Lipinski definition) is 3. The molecule has 1 aliphatic heterocycles. The van der Waals surface area contributed by atoms with Crippen molar-refractivity contribution in [2.24, 2.45) is 11.8 Å². The second-order valence-corrected chi connectivity index (χ2v) is 7.74. The highest BCUT2D eigenvalue weighted by Crippen LogP contribution is 2.39. The number of ether oxygens (including phenoxy) is 1. The Morgan fingerprint density at radius 2 is 1.83 bits per heavy atom. The lowest BCUT2D eigenvalue weighted by molar-refractivity contribution is 0.0997. The Labute approximate surface area is 117 Å². The Hall–Kier alpha value is 0.270. The molecule has 0 aromatic carbocycles. The smallest absolute Gasteiger partial charge is 0.0476 e. The van der Waals surface area contributed by atoms with Crippen LogP contribution in [0.25, 0.3) is 0 Å². The zero-order valence-electron chi connectivity index (χ0n) is 12.2. The summed E-state index contributed by atoms with van der Waals surface area (Å²) in [6.45, 7) is 6.73. The first kappa shape index (κ1) is 14.7. The first-order valence-corrected chi connectivity index (χ1v) is 8.55. The molecule has 1 saturated carbocycles. The number of thioether (sulfide) groups is 1. The zero-order valence-corrected chi connectivity index (χ0v) is 13.0. The standard InChI is InChI=1S/C15H29NOS/c1-11(2)12-4-5-14(16-3)15(10-12)18-13-6-8-17-9-7-13/h11-16H,4-10H2,1-3H3. The van der Waals surface area contributed by atoms with Gasteiger partial charge in [0.05, 0.1) is 0 Å². The van der Waals surface area contributed by atoms with E-state index in [1.165, 1.54) is 32.1 Å². The van der Waals surface area contributed by atoms with Crippen LogP contribution in [0.5, 0.6) is 0 Å². The molecule has 1 N–H and O–H groups in total. The fourth-order valence-corrected chi connectivity index (χ4v) is 5.08. The van der Waals surface area contributed by atoms with Gasteiger partial charge in [-0.2, -0.15) is 11.8 Å². The van der Waals surface area contributed by atoms with Crippen LogP contribution < -0.4 is 5.32 Å². The summed E-state index contributed by atoms with van der Waals surface area (Å²) in [6, 6.07) is 0.729. The maximum Gasteiger partial charge on any atom is 0.0476 e. The first-order chi connectivity index (χ1) is 8.70. The Kier molecular flexibility index (Phi) is 5.84. The molecule has 0 spiro atoms. The quantitative estimate of drug-likeness (QED) is 0.847. The predicted molar refractivity (Wildman–Crippen MR) is 80.2 cm³/mol. The molecule has 0 bridgehead atoms. The fourth-order valence-electron chi connectivity index (χ4n) is 3.31. The average molecular weight is 271 g/mol. The molecule has 2 rings (SSSR count). The molecular formula is C15H29NOS. The third-order valence-corrected chi connectivity index (χ3v) is 6.41. The van der Waals surface area contributed by atoms with Crippen LogP contribution in [0.4, 0.5) is 0 Å². The average Bonchev–Trinajstić information content (AvgIpc) is 2.39. The molecule has 3 atom stereocenters. The van der Waals surface area contributed by atoms with Crippen LogP contribution in [0.15, 0.2) is 0 Å². The minimum atomic E-state index is 0.729. The summed E-state index contributed by atoms with van der Waals surface area (Å²) in [6.07, 6.45) is 6.69. The fraction of sp³-hybridized carbons (Fsp3) is 1.00. The third-order valence-electron chi connectivity index (χ3n) is 4.68. The molecular weight excluding hydrogens is 242 g/mol. The van der Waals surface area contributed by atoms with Crippen molar-refractivity contribution in [3.63, 3.8) is 0 Å². The predicted octanol–water partition coefficient (Wildman–Crippen LogP) is 3.31. The Balaban J connectivity index is 1.88. The summed E-state index contributed by atoms with van der Waals surface area (Å²) in [5, 5.41) is 5.21. The van der Waals surface area contributed by atoms with Crippen molar-refractivity contribution in [1.29, 1.82) is 0 Å². The highest BCUT2D eigenvalue weighted by atomic mass is 32.2. The lowest BCUT2D eigenvalue weighted by atomic mass is 9.79. The van der Waals surface area contributed by atoms with Crippen LogP contribution in [-0.4, -0.2) is 36.8 Å². The van der Waals surface area contributed by atoms with E-state index in [0.29, 0.717) is 0 Å². The maximum absolute atomic E-state index is 5.47. The molecule has 0 radical (unpaired) electrons. The van der Waals surface area contributed by atoms with Gasteiger partial charge in [-0.1, -0.05) is 13.8 Å². The summed E-state index contributed by atoms with van der Waals surface area (Å²) in [7, 11) is 2.14. The van der Waals surface area contributed by atoms with E-state index in [2.05, 4.69) is 38.0 Å². The van der Waals surface area contributed by atoms with E-state index in [1.54, 1.807) is 0 Å². The second kappa shape index (κ2) is 7.16. The molecule has 1 saturated heterocycles. The van der Waals surface area contributed by atoms with Gasteiger partial charge in [0, 0.05) is 29.8 Å². The lowest BCUT2D eigenvalue weighted by Gasteiger charge is -2.39. The van der Waals surface area contributed by atoms with Crippen LogP contribution in [-0.2, 0) is 4.74 Å². The third kappa shape index (κ3) is 3.88. The van der Waals surface area contributed by atoms with Crippen LogP contribution in [0.3, 0.4) is 0 Å². The van der Waals surface area contributed by atoms with Crippen LogP contribution in [0.2, 0.25) is 0 Å². The van der Waals surface area contributed by atoms with E-state index < -0.39 is 0 Å². The van der Waals surface area contributed by atoms with Gasteiger partial charge in [0.25, 0.3) is 0 Å². The molecule has 2 aliphatic rings.